The number of hydrogen-bond donors (Lipinski definition) is 1. The molecule has 2 aliphatic rings. The number of carbonyl (C=O) groups excluding carboxylic acids is 3. The molecule has 2 aromatic carbocycles. The number of benzene rings is 2. The SMILES string of the molecule is CN1C(=O)c2ccc(NC(=O)N3CCC(c4ccccc4)CC3)cc2C1=O. The molecule has 2 aromatic rings. The molecule has 0 spiro atoms. The highest BCUT2D eigenvalue weighted by Crippen LogP contribution is 2.29. The minimum absolute atomic E-state index is 0.174. The van der Waals surface area contributed by atoms with Crippen LogP contribution in [0.5, 0.6) is 0 Å². The number of anilines is 1. The molecule has 1 fully saturated rings. The number of hydrogen-bond acceptors (Lipinski definition) is 3. The predicted octanol–water partition coefficient (Wildman–Crippen LogP) is 3.32. The summed E-state index contributed by atoms with van der Waals surface area (Å²) in [4.78, 5) is 39.5. The van der Waals surface area contributed by atoms with Crippen LogP contribution in [0.1, 0.15) is 45.0 Å². The van der Waals surface area contributed by atoms with E-state index in [1.165, 1.54) is 12.6 Å². The standard InChI is InChI=1S/C21H21N3O3/c1-23-19(25)17-8-7-16(13-18(17)20(23)26)22-21(27)24-11-9-15(10-12-24)14-5-3-2-4-6-14/h2-8,13,15H,9-12H2,1H3,(H,22,27). The molecule has 0 unspecified atom stereocenters. The van der Waals surface area contributed by atoms with E-state index >= 15 is 0 Å². The van der Waals surface area contributed by atoms with Crippen LogP contribution in [-0.4, -0.2) is 47.8 Å². The maximum absolute atomic E-state index is 12.6. The Morgan fingerprint density at radius 2 is 1.63 bits per heavy atom. The van der Waals surface area contributed by atoms with Crippen LogP contribution in [0.2, 0.25) is 0 Å². The van der Waals surface area contributed by atoms with E-state index in [9.17, 15) is 14.4 Å². The Morgan fingerprint density at radius 3 is 2.33 bits per heavy atom. The summed E-state index contributed by atoms with van der Waals surface area (Å²) in [6, 6.07) is 15.0. The Balaban J connectivity index is 1.40. The van der Waals surface area contributed by atoms with Gasteiger partial charge in [0, 0.05) is 25.8 Å². The van der Waals surface area contributed by atoms with Crippen LogP contribution in [0.4, 0.5) is 10.5 Å². The van der Waals surface area contributed by atoms with Crippen LogP contribution in [0.25, 0.3) is 0 Å². The van der Waals surface area contributed by atoms with Crippen molar-refractivity contribution in [2.75, 3.05) is 25.5 Å². The fourth-order valence-corrected chi connectivity index (χ4v) is 3.78. The number of fused-ring (bicyclic) bond motifs is 1. The van der Waals surface area contributed by atoms with Crippen LogP contribution in [0.3, 0.4) is 0 Å². The Labute approximate surface area is 157 Å². The molecule has 138 valence electrons. The number of urea groups is 1. The molecule has 6 heteroatoms. The molecule has 0 bridgehead atoms. The summed E-state index contributed by atoms with van der Waals surface area (Å²) in [6.45, 7) is 1.38. The van der Waals surface area contributed by atoms with E-state index in [2.05, 4.69) is 17.4 Å². The first kappa shape index (κ1) is 17.3. The van der Waals surface area contributed by atoms with Crippen molar-refractivity contribution in [2.24, 2.45) is 0 Å². The Morgan fingerprint density at radius 1 is 0.963 bits per heavy atom. The quantitative estimate of drug-likeness (QED) is 0.832. The van der Waals surface area contributed by atoms with Crippen LogP contribution < -0.4 is 5.32 Å². The summed E-state index contributed by atoms with van der Waals surface area (Å²) in [7, 11) is 1.46. The van der Waals surface area contributed by atoms with Crippen LogP contribution in [0, 0.1) is 0 Å². The first-order valence-electron chi connectivity index (χ1n) is 9.12. The number of likely N-dealkylation sites (tertiary alicyclic amines) is 1. The lowest BCUT2D eigenvalue weighted by Crippen LogP contribution is -2.40. The summed E-state index contributed by atoms with van der Waals surface area (Å²) in [5.74, 6) is -0.167. The van der Waals surface area contributed by atoms with Gasteiger partial charge < -0.3 is 10.2 Å². The smallest absolute Gasteiger partial charge is 0.321 e. The van der Waals surface area contributed by atoms with Gasteiger partial charge in [-0.15, -0.1) is 0 Å². The number of piperidine rings is 1. The van der Waals surface area contributed by atoms with Gasteiger partial charge in [-0.1, -0.05) is 30.3 Å². The molecule has 0 radical (unpaired) electrons. The highest BCUT2D eigenvalue weighted by molar-refractivity contribution is 6.21. The molecule has 27 heavy (non-hydrogen) atoms. The van der Waals surface area contributed by atoms with E-state index in [0.717, 1.165) is 17.7 Å². The maximum atomic E-state index is 12.6. The van der Waals surface area contributed by atoms with Gasteiger partial charge in [-0.25, -0.2) is 4.79 Å². The molecule has 1 N–H and O–H groups in total. The molecule has 0 atom stereocenters. The lowest BCUT2D eigenvalue weighted by Gasteiger charge is -2.32. The average molecular weight is 363 g/mol. The minimum Gasteiger partial charge on any atom is -0.324 e. The summed E-state index contributed by atoms with van der Waals surface area (Å²) >= 11 is 0. The molecule has 2 aliphatic heterocycles. The van der Waals surface area contributed by atoms with Gasteiger partial charge in [0.2, 0.25) is 0 Å². The van der Waals surface area contributed by atoms with Gasteiger partial charge in [-0.3, -0.25) is 14.5 Å². The average Bonchev–Trinajstić information content (AvgIpc) is 2.92. The second-order valence-corrected chi connectivity index (χ2v) is 7.03. The second kappa shape index (κ2) is 6.87. The monoisotopic (exact) mass is 363 g/mol. The molecule has 4 rings (SSSR count). The molecule has 0 aliphatic carbocycles. The first-order valence-corrected chi connectivity index (χ1v) is 9.12. The number of amides is 4. The van der Waals surface area contributed by atoms with Gasteiger partial charge in [0.1, 0.15) is 0 Å². The molecule has 2 heterocycles. The van der Waals surface area contributed by atoms with Crippen molar-refractivity contribution >= 4 is 23.5 Å². The highest BCUT2D eigenvalue weighted by Gasteiger charge is 2.33. The van der Waals surface area contributed by atoms with Crippen molar-refractivity contribution in [3.63, 3.8) is 0 Å². The van der Waals surface area contributed by atoms with Gasteiger partial charge in [0.25, 0.3) is 11.8 Å². The van der Waals surface area contributed by atoms with Crippen molar-refractivity contribution in [1.82, 2.24) is 9.80 Å². The summed E-state index contributed by atoms with van der Waals surface area (Å²) in [6.07, 6.45) is 1.86. The number of rotatable bonds is 2. The zero-order chi connectivity index (χ0) is 19.0. The topological polar surface area (TPSA) is 69.7 Å². The van der Waals surface area contributed by atoms with E-state index in [1.807, 2.05) is 18.2 Å². The minimum atomic E-state index is -0.338. The third-order valence-electron chi connectivity index (χ3n) is 5.39. The maximum Gasteiger partial charge on any atom is 0.321 e. The van der Waals surface area contributed by atoms with Crippen molar-refractivity contribution in [3.05, 3.63) is 65.2 Å². The number of nitrogens with one attached hydrogen (secondary N) is 1. The van der Waals surface area contributed by atoms with E-state index in [0.29, 0.717) is 35.8 Å². The molecule has 1 saturated heterocycles. The van der Waals surface area contributed by atoms with Crippen molar-refractivity contribution in [2.45, 2.75) is 18.8 Å². The fourth-order valence-electron chi connectivity index (χ4n) is 3.78. The normalized spacial score (nSPS) is 17.2. The van der Waals surface area contributed by atoms with Crippen molar-refractivity contribution < 1.29 is 14.4 Å². The van der Waals surface area contributed by atoms with Crippen molar-refractivity contribution in [3.8, 4) is 0 Å². The predicted molar refractivity (Wildman–Crippen MR) is 102 cm³/mol. The Bertz CT molecular complexity index is 902. The van der Waals surface area contributed by atoms with Crippen LogP contribution in [0.15, 0.2) is 48.5 Å². The zero-order valence-electron chi connectivity index (χ0n) is 15.1. The van der Waals surface area contributed by atoms with E-state index in [-0.39, 0.29) is 17.8 Å². The second-order valence-electron chi connectivity index (χ2n) is 7.03. The zero-order valence-corrected chi connectivity index (χ0v) is 15.1. The van der Waals surface area contributed by atoms with Gasteiger partial charge in [0.05, 0.1) is 11.1 Å². The highest BCUT2D eigenvalue weighted by atomic mass is 16.2. The molecule has 0 aromatic heterocycles. The van der Waals surface area contributed by atoms with Gasteiger partial charge in [-0.05, 0) is 42.5 Å². The summed E-state index contributed by atoms with van der Waals surface area (Å²) < 4.78 is 0. The molecule has 4 amide bonds. The number of nitrogens with zero attached hydrogens (tertiary/aromatic N) is 2. The van der Waals surface area contributed by atoms with Crippen LogP contribution in [-0.2, 0) is 0 Å². The van der Waals surface area contributed by atoms with Crippen LogP contribution >= 0.6 is 0 Å². The summed E-state index contributed by atoms with van der Waals surface area (Å²) in [5, 5.41) is 2.85. The van der Waals surface area contributed by atoms with Gasteiger partial charge >= 0.3 is 6.03 Å². The number of carbonyl (C=O) groups is 3. The molecule has 0 saturated carbocycles. The van der Waals surface area contributed by atoms with Gasteiger partial charge in [0.15, 0.2) is 0 Å². The Hall–Kier alpha value is -3.15. The Kier molecular flexibility index (Phi) is 4.39. The molecular formula is C21H21N3O3. The van der Waals surface area contributed by atoms with E-state index in [1.54, 1.807) is 23.1 Å². The third-order valence-corrected chi connectivity index (χ3v) is 5.39. The fraction of sp³-hybridized carbons (Fsp3) is 0.286. The lowest BCUT2D eigenvalue weighted by atomic mass is 9.90. The third kappa shape index (κ3) is 3.18. The number of imide groups is 1. The van der Waals surface area contributed by atoms with E-state index < -0.39 is 0 Å². The molecule has 6 nitrogen and oxygen atoms in total. The molecular weight excluding hydrogens is 342 g/mol. The van der Waals surface area contributed by atoms with Gasteiger partial charge in [-0.2, -0.15) is 0 Å². The lowest BCUT2D eigenvalue weighted by molar-refractivity contribution is 0.0693. The van der Waals surface area contributed by atoms with E-state index in [4.69, 9.17) is 0 Å². The van der Waals surface area contributed by atoms with Crippen molar-refractivity contribution in [1.29, 1.82) is 0 Å². The largest absolute Gasteiger partial charge is 0.324 e. The summed E-state index contributed by atoms with van der Waals surface area (Å²) in [5.41, 5.74) is 2.57. The first-order chi connectivity index (χ1) is 13.0.